The van der Waals surface area contributed by atoms with Gasteiger partial charge in [0.05, 0.1) is 6.10 Å². The Labute approximate surface area is 111 Å². The SMILES string of the molecule is COC1CCN(c2ncc(/C=C/C(=O)O)cn2)CC1. The predicted octanol–water partition coefficient (Wildman–Crippen LogP) is 1.19. The molecule has 1 aromatic rings. The van der Waals surface area contributed by atoms with Gasteiger partial charge in [-0.05, 0) is 18.9 Å². The van der Waals surface area contributed by atoms with Gasteiger partial charge in [0.1, 0.15) is 0 Å². The number of rotatable bonds is 4. The highest BCUT2D eigenvalue weighted by Crippen LogP contribution is 2.17. The predicted molar refractivity (Wildman–Crippen MR) is 70.9 cm³/mol. The van der Waals surface area contributed by atoms with Gasteiger partial charge >= 0.3 is 5.97 Å². The Morgan fingerprint density at radius 2 is 2.05 bits per heavy atom. The fraction of sp³-hybridized carbons (Fsp3) is 0.462. The average Bonchev–Trinajstić information content (AvgIpc) is 2.46. The van der Waals surface area contributed by atoms with Crippen LogP contribution in [-0.2, 0) is 9.53 Å². The molecule has 1 fully saturated rings. The highest BCUT2D eigenvalue weighted by molar-refractivity contribution is 5.85. The van der Waals surface area contributed by atoms with Crippen molar-refractivity contribution >= 4 is 18.0 Å². The van der Waals surface area contributed by atoms with E-state index >= 15 is 0 Å². The number of carboxylic acid groups (broad SMARTS) is 1. The third-order valence-electron chi connectivity index (χ3n) is 3.13. The molecule has 0 aromatic carbocycles. The molecule has 2 rings (SSSR count). The van der Waals surface area contributed by atoms with Crippen LogP contribution in [0.15, 0.2) is 18.5 Å². The fourth-order valence-corrected chi connectivity index (χ4v) is 2.04. The zero-order chi connectivity index (χ0) is 13.7. The largest absolute Gasteiger partial charge is 0.478 e. The summed E-state index contributed by atoms with van der Waals surface area (Å²) < 4.78 is 5.32. The third kappa shape index (κ3) is 3.75. The van der Waals surface area contributed by atoms with Gasteiger partial charge in [-0.1, -0.05) is 0 Å². The normalized spacial score (nSPS) is 17.0. The third-order valence-corrected chi connectivity index (χ3v) is 3.13. The molecule has 1 aliphatic heterocycles. The first-order valence-corrected chi connectivity index (χ1v) is 6.20. The molecular formula is C13H17N3O3. The molecule has 0 saturated carbocycles. The smallest absolute Gasteiger partial charge is 0.328 e. The Hall–Kier alpha value is -1.95. The van der Waals surface area contributed by atoms with Crippen LogP contribution in [0.1, 0.15) is 18.4 Å². The Morgan fingerprint density at radius 1 is 1.42 bits per heavy atom. The molecule has 6 nitrogen and oxygen atoms in total. The molecule has 0 aliphatic carbocycles. The zero-order valence-corrected chi connectivity index (χ0v) is 10.8. The zero-order valence-electron chi connectivity index (χ0n) is 10.8. The summed E-state index contributed by atoms with van der Waals surface area (Å²) in [7, 11) is 1.74. The summed E-state index contributed by atoms with van der Waals surface area (Å²) in [6.45, 7) is 1.76. The number of carbonyl (C=O) groups is 1. The van der Waals surface area contributed by atoms with Crippen molar-refractivity contribution < 1.29 is 14.6 Å². The lowest BCUT2D eigenvalue weighted by Gasteiger charge is -2.31. The average molecular weight is 263 g/mol. The van der Waals surface area contributed by atoms with Crippen molar-refractivity contribution in [3.63, 3.8) is 0 Å². The number of methoxy groups -OCH3 is 1. The van der Waals surface area contributed by atoms with E-state index in [2.05, 4.69) is 14.9 Å². The van der Waals surface area contributed by atoms with Crippen molar-refractivity contribution in [2.24, 2.45) is 0 Å². The van der Waals surface area contributed by atoms with Gasteiger partial charge in [-0.2, -0.15) is 0 Å². The van der Waals surface area contributed by atoms with E-state index in [1.54, 1.807) is 19.5 Å². The first-order chi connectivity index (χ1) is 9.19. The standard InChI is InChI=1S/C13H17N3O3/c1-19-11-4-6-16(7-5-11)13-14-8-10(9-15-13)2-3-12(17)18/h2-3,8-9,11H,4-7H2,1H3,(H,17,18)/b3-2+. The second kappa shape index (κ2) is 6.29. The van der Waals surface area contributed by atoms with E-state index < -0.39 is 5.97 Å². The van der Waals surface area contributed by atoms with Crippen molar-refractivity contribution in [1.82, 2.24) is 9.97 Å². The Morgan fingerprint density at radius 3 is 2.58 bits per heavy atom. The van der Waals surface area contributed by atoms with E-state index in [0.29, 0.717) is 17.6 Å². The summed E-state index contributed by atoms with van der Waals surface area (Å²) in [6, 6.07) is 0. The maximum absolute atomic E-state index is 10.4. The van der Waals surface area contributed by atoms with Crippen LogP contribution in [0.3, 0.4) is 0 Å². The van der Waals surface area contributed by atoms with Crippen molar-refractivity contribution in [1.29, 1.82) is 0 Å². The highest BCUT2D eigenvalue weighted by atomic mass is 16.5. The van der Waals surface area contributed by atoms with E-state index in [1.165, 1.54) is 6.08 Å². The summed E-state index contributed by atoms with van der Waals surface area (Å²) in [6.07, 6.45) is 8.08. The van der Waals surface area contributed by atoms with E-state index in [-0.39, 0.29) is 0 Å². The minimum Gasteiger partial charge on any atom is -0.478 e. The lowest BCUT2D eigenvalue weighted by Crippen LogP contribution is -2.37. The number of aromatic nitrogens is 2. The molecule has 1 saturated heterocycles. The minimum absolute atomic E-state index is 0.328. The quantitative estimate of drug-likeness (QED) is 0.822. The van der Waals surface area contributed by atoms with Gasteiger partial charge in [0.2, 0.25) is 5.95 Å². The molecule has 19 heavy (non-hydrogen) atoms. The monoisotopic (exact) mass is 263 g/mol. The first-order valence-electron chi connectivity index (χ1n) is 6.20. The van der Waals surface area contributed by atoms with Gasteiger partial charge in [0, 0.05) is 44.2 Å². The number of hydrogen-bond donors (Lipinski definition) is 1. The highest BCUT2D eigenvalue weighted by Gasteiger charge is 2.20. The van der Waals surface area contributed by atoms with Gasteiger partial charge in [-0.15, -0.1) is 0 Å². The first kappa shape index (κ1) is 13.5. The topological polar surface area (TPSA) is 75.5 Å². The van der Waals surface area contributed by atoms with Crippen LogP contribution in [0.2, 0.25) is 0 Å². The molecule has 0 unspecified atom stereocenters. The van der Waals surface area contributed by atoms with Gasteiger partial charge in [-0.25, -0.2) is 14.8 Å². The summed E-state index contributed by atoms with van der Waals surface area (Å²) in [5.74, 6) is -0.298. The van der Waals surface area contributed by atoms with Crippen molar-refractivity contribution in [2.45, 2.75) is 18.9 Å². The summed E-state index contributed by atoms with van der Waals surface area (Å²) in [5.41, 5.74) is 0.679. The number of carboxylic acids is 1. The molecule has 0 amide bonds. The molecule has 1 N–H and O–H groups in total. The van der Waals surface area contributed by atoms with Crippen LogP contribution >= 0.6 is 0 Å². The molecule has 102 valence electrons. The lowest BCUT2D eigenvalue weighted by molar-refractivity contribution is -0.131. The van der Waals surface area contributed by atoms with Crippen LogP contribution < -0.4 is 4.90 Å². The molecule has 0 spiro atoms. The number of piperidine rings is 1. The van der Waals surface area contributed by atoms with E-state index in [4.69, 9.17) is 9.84 Å². The van der Waals surface area contributed by atoms with Gasteiger partial charge in [0.25, 0.3) is 0 Å². The molecule has 2 heterocycles. The van der Waals surface area contributed by atoms with Crippen LogP contribution in [0.25, 0.3) is 6.08 Å². The Kier molecular flexibility index (Phi) is 4.46. The fourth-order valence-electron chi connectivity index (χ4n) is 2.04. The van der Waals surface area contributed by atoms with Crippen LogP contribution in [-0.4, -0.2) is 47.3 Å². The summed E-state index contributed by atoms with van der Waals surface area (Å²) in [5, 5.41) is 8.53. The molecule has 0 radical (unpaired) electrons. The lowest BCUT2D eigenvalue weighted by atomic mass is 10.1. The Balaban J connectivity index is 1.97. The number of nitrogens with zero attached hydrogens (tertiary/aromatic N) is 3. The summed E-state index contributed by atoms with van der Waals surface area (Å²) >= 11 is 0. The number of anilines is 1. The van der Waals surface area contributed by atoms with Crippen LogP contribution in [0.5, 0.6) is 0 Å². The van der Waals surface area contributed by atoms with Crippen molar-refractivity contribution in [3.05, 3.63) is 24.0 Å². The van der Waals surface area contributed by atoms with E-state index in [9.17, 15) is 4.79 Å². The molecule has 0 bridgehead atoms. The second-order valence-corrected chi connectivity index (χ2v) is 4.41. The second-order valence-electron chi connectivity index (χ2n) is 4.41. The van der Waals surface area contributed by atoms with Crippen LogP contribution in [0, 0.1) is 0 Å². The van der Waals surface area contributed by atoms with E-state index in [1.807, 2.05) is 0 Å². The molecule has 1 aliphatic rings. The number of aliphatic carboxylic acids is 1. The molecule has 6 heteroatoms. The Bertz CT molecular complexity index is 451. The van der Waals surface area contributed by atoms with Gasteiger partial charge in [-0.3, -0.25) is 0 Å². The van der Waals surface area contributed by atoms with Gasteiger partial charge < -0.3 is 14.7 Å². The minimum atomic E-state index is -0.981. The summed E-state index contributed by atoms with van der Waals surface area (Å²) in [4.78, 5) is 21.0. The van der Waals surface area contributed by atoms with E-state index in [0.717, 1.165) is 32.0 Å². The molecule has 1 aromatic heterocycles. The van der Waals surface area contributed by atoms with Crippen LogP contribution in [0.4, 0.5) is 5.95 Å². The maximum Gasteiger partial charge on any atom is 0.328 e. The number of ether oxygens (including phenoxy) is 1. The van der Waals surface area contributed by atoms with Gasteiger partial charge in [0.15, 0.2) is 0 Å². The maximum atomic E-state index is 10.4. The van der Waals surface area contributed by atoms with Crippen molar-refractivity contribution in [2.75, 3.05) is 25.1 Å². The molecular weight excluding hydrogens is 246 g/mol. The van der Waals surface area contributed by atoms with Crippen molar-refractivity contribution in [3.8, 4) is 0 Å². The number of hydrogen-bond acceptors (Lipinski definition) is 5. The molecule has 0 atom stereocenters.